The summed E-state index contributed by atoms with van der Waals surface area (Å²) in [6.45, 7) is 4.46. The minimum absolute atomic E-state index is 0.107. The molecule has 1 amide bonds. The second kappa shape index (κ2) is 10.8. The maximum atomic E-state index is 12.8. The zero-order valence-corrected chi connectivity index (χ0v) is 20.0. The Bertz CT molecular complexity index is 1140. The zero-order valence-electron chi connectivity index (χ0n) is 18.4. The summed E-state index contributed by atoms with van der Waals surface area (Å²) >= 11 is 0.980. The summed E-state index contributed by atoms with van der Waals surface area (Å²) in [4.78, 5) is 18.5. The number of ether oxygens (including phenoxy) is 1. The summed E-state index contributed by atoms with van der Waals surface area (Å²) in [6, 6.07) is 17.9. The van der Waals surface area contributed by atoms with Gasteiger partial charge in [0, 0.05) is 20.2 Å². The van der Waals surface area contributed by atoms with Gasteiger partial charge >= 0.3 is 0 Å². The van der Waals surface area contributed by atoms with Crippen LogP contribution >= 0.6 is 11.3 Å². The highest BCUT2D eigenvalue weighted by molar-refractivity contribution is 7.91. The summed E-state index contributed by atoms with van der Waals surface area (Å²) < 4.78 is 32.9. The number of aryl methyl sites for hydroxylation is 1. The molecule has 9 heteroatoms. The van der Waals surface area contributed by atoms with Gasteiger partial charge in [-0.05, 0) is 30.5 Å². The molecule has 170 valence electrons. The van der Waals surface area contributed by atoms with Gasteiger partial charge in [-0.3, -0.25) is 9.69 Å². The molecule has 0 bridgehead atoms. The number of benzene rings is 2. The van der Waals surface area contributed by atoms with Crippen LogP contribution in [0.5, 0.6) is 0 Å². The average Bonchev–Trinajstić information content (AvgIpc) is 3.20. The smallest absolute Gasteiger partial charge is 0.252 e. The van der Waals surface area contributed by atoms with E-state index in [1.165, 1.54) is 4.90 Å². The fraction of sp³-hybridized carbons (Fsp3) is 0.304. The molecule has 32 heavy (non-hydrogen) atoms. The number of carbonyl (C=O) groups is 1. The number of rotatable bonds is 10. The molecule has 0 aliphatic rings. The van der Waals surface area contributed by atoms with E-state index in [2.05, 4.69) is 9.71 Å². The van der Waals surface area contributed by atoms with E-state index in [0.717, 1.165) is 28.0 Å². The number of anilines is 1. The van der Waals surface area contributed by atoms with Gasteiger partial charge < -0.3 is 4.74 Å². The lowest BCUT2D eigenvalue weighted by Gasteiger charge is -2.14. The van der Waals surface area contributed by atoms with Crippen molar-refractivity contribution in [3.05, 3.63) is 65.9 Å². The van der Waals surface area contributed by atoms with E-state index < -0.39 is 10.0 Å². The molecule has 3 rings (SSSR count). The summed E-state index contributed by atoms with van der Waals surface area (Å²) in [5.74, 6) is -0.167. The molecule has 0 radical (unpaired) electrons. The molecule has 0 unspecified atom stereocenters. The fourth-order valence-corrected chi connectivity index (χ4v) is 5.60. The Morgan fingerprint density at radius 1 is 1.09 bits per heavy atom. The molecule has 0 saturated heterocycles. The topological polar surface area (TPSA) is 88.6 Å². The molecule has 3 aromatic rings. The first kappa shape index (κ1) is 24.1. The SMILES string of the molecule is CCOCCNS(=O)(=O)c1sc(N(C)C(=O)Cc2ccc(-c3ccccc3)cc2)nc1C. The average molecular weight is 474 g/mol. The van der Waals surface area contributed by atoms with Gasteiger partial charge in [-0.2, -0.15) is 0 Å². The Labute approximate surface area is 193 Å². The largest absolute Gasteiger partial charge is 0.380 e. The van der Waals surface area contributed by atoms with Crippen molar-refractivity contribution < 1.29 is 17.9 Å². The highest BCUT2D eigenvalue weighted by Gasteiger charge is 2.24. The quantitative estimate of drug-likeness (QED) is 0.454. The van der Waals surface area contributed by atoms with Crippen molar-refractivity contribution in [2.24, 2.45) is 0 Å². The molecule has 2 aromatic carbocycles. The second-order valence-corrected chi connectivity index (χ2v) is 10.1. The predicted molar refractivity (Wildman–Crippen MR) is 128 cm³/mol. The third-order valence-electron chi connectivity index (χ3n) is 4.81. The normalized spacial score (nSPS) is 11.5. The standard InChI is InChI=1S/C23H27N3O4S2/c1-4-30-15-14-24-32(28,29)22-17(2)25-23(31-22)26(3)21(27)16-18-10-12-20(13-11-18)19-8-6-5-7-9-19/h5-13,24H,4,14-16H2,1-3H3. The molecule has 0 atom stereocenters. The van der Waals surface area contributed by atoms with Crippen molar-refractivity contribution in [1.82, 2.24) is 9.71 Å². The molecule has 1 heterocycles. The van der Waals surface area contributed by atoms with E-state index in [0.29, 0.717) is 24.0 Å². The predicted octanol–water partition coefficient (Wildman–Crippen LogP) is 3.64. The van der Waals surface area contributed by atoms with Crippen molar-refractivity contribution in [3.63, 3.8) is 0 Å². The zero-order chi connectivity index (χ0) is 23.1. The molecule has 0 aliphatic heterocycles. The van der Waals surface area contributed by atoms with Crippen LogP contribution in [0.4, 0.5) is 5.13 Å². The molecule has 0 saturated carbocycles. The lowest BCUT2D eigenvalue weighted by molar-refractivity contribution is -0.117. The fourth-order valence-electron chi connectivity index (χ4n) is 3.07. The summed E-state index contributed by atoms with van der Waals surface area (Å²) in [7, 11) is -2.10. The third kappa shape index (κ3) is 6.01. The number of amides is 1. The maximum absolute atomic E-state index is 12.8. The lowest BCUT2D eigenvalue weighted by Crippen LogP contribution is -2.28. The summed E-state index contributed by atoms with van der Waals surface area (Å²) in [6.07, 6.45) is 0.193. The molecular formula is C23H27N3O4S2. The third-order valence-corrected chi connectivity index (χ3v) is 8.11. The number of carbonyl (C=O) groups excluding carboxylic acids is 1. The first-order valence-corrected chi connectivity index (χ1v) is 12.6. The highest BCUT2D eigenvalue weighted by Crippen LogP contribution is 2.29. The minimum atomic E-state index is -3.71. The number of aromatic nitrogens is 1. The monoisotopic (exact) mass is 473 g/mol. The Balaban J connectivity index is 1.66. The van der Waals surface area contributed by atoms with Crippen LogP contribution in [0, 0.1) is 6.92 Å². The molecule has 1 N–H and O–H groups in total. The minimum Gasteiger partial charge on any atom is -0.380 e. The van der Waals surface area contributed by atoms with E-state index in [-0.39, 0.29) is 23.1 Å². The molecular weight excluding hydrogens is 446 g/mol. The second-order valence-electron chi connectivity index (χ2n) is 7.16. The van der Waals surface area contributed by atoms with Crippen molar-refractivity contribution in [1.29, 1.82) is 0 Å². The van der Waals surface area contributed by atoms with E-state index >= 15 is 0 Å². The number of thiazole rings is 1. The number of likely N-dealkylation sites (N-methyl/N-ethyl adjacent to an activating group) is 1. The van der Waals surface area contributed by atoms with Gasteiger partial charge in [0.05, 0.1) is 18.7 Å². The van der Waals surface area contributed by atoms with Gasteiger partial charge in [0.1, 0.15) is 0 Å². The van der Waals surface area contributed by atoms with Crippen LogP contribution in [-0.4, -0.2) is 46.1 Å². The lowest BCUT2D eigenvalue weighted by atomic mass is 10.0. The number of nitrogens with zero attached hydrogens (tertiary/aromatic N) is 2. The van der Waals surface area contributed by atoms with Gasteiger partial charge in [0.25, 0.3) is 10.0 Å². The molecule has 7 nitrogen and oxygen atoms in total. The van der Waals surface area contributed by atoms with E-state index in [1.54, 1.807) is 14.0 Å². The van der Waals surface area contributed by atoms with E-state index in [9.17, 15) is 13.2 Å². The Hall–Kier alpha value is -2.59. The Morgan fingerprint density at radius 2 is 1.75 bits per heavy atom. The molecule has 1 aromatic heterocycles. The summed E-state index contributed by atoms with van der Waals surface area (Å²) in [5, 5.41) is 0.346. The van der Waals surface area contributed by atoms with Crippen molar-refractivity contribution >= 4 is 32.4 Å². The van der Waals surface area contributed by atoms with E-state index in [4.69, 9.17) is 4.74 Å². The van der Waals surface area contributed by atoms with Gasteiger partial charge in [0.15, 0.2) is 9.34 Å². The van der Waals surface area contributed by atoms with Crippen LogP contribution in [0.3, 0.4) is 0 Å². The number of hydrogen-bond acceptors (Lipinski definition) is 6. The first-order valence-electron chi connectivity index (χ1n) is 10.3. The van der Waals surface area contributed by atoms with Crippen molar-refractivity contribution in [2.45, 2.75) is 24.5 Å². The van der Waals surface area contributed by atoms with Crippen LogP contribution in [-0.2, 0) is 26.0 Å². The van der Waals surface area contributed by atoms with Crippen molar-refractivity contribution in [3.8, 4) is 11.1 Å². The number of hydrogen-bond donors (Lipinski definition) is 1. The van der Waals surface area contributed by atoms with Gasteiger partial charge in [0.2, 0.25) is 5.91 Å². The Morgan fingerprint density at radius 3 is 2.41 bits per heavy atom. The van der Waals surface area contributed by atoms with Crippen LogP contribution in [0.25, 0.3) is 11.1 Å². The first-order chi connectivity index (χ1) is 15.3. The highest BCUT2D eigenvalue weighted by atomic mass is 32.2. The van der Waals surface area contributed by atoms with Crippen LogP contribution < -0.4 is 9.62 Å². The molecule has 0 spiro atoms. The molecule has 0 aliphatic carbocycles. The maximum Gasteiger partial charge on any atom is 0.252 e. The number of nitrogens with one attached hydrogen (secondary N) is 1. The van der Waals surface area contributed by atoms with Gasteiger partial charge in [-0.1, -0.05) is 65.9 Å². The molecule has 0 fully saturated rings. The van der Waals surface area contributed by atoms with Crippen LogP contribution in [0.1, 0.15) is 18.2 Å². The van der Waals surface area contributed by atoms with Gasteiger partial charge in [-0.25, -0.2) is 18.1 Å². The Kier molecular flexibility index (Phi) is 8.14. The number of sulfonamides is 1. The van der Waals surface area contributed by atoms with Crippen LogP contribution in [0.2, 0.25) is 0 Å². The van der Waals surface area contributed by atoms with Crippen molar-refractivity contribution in [2.75, 3.05) is 31.7 Å². The van der Waals surface area contributed by atoms with Gasteiger partial charge in [-0.15, -0.1) is 0 Å². The summed E-state index contributed by atoms with van der Waals surface area (Å²) in [5.41, 5.74) is 3.43. The van der Waals surface area contributed by atoms with Crippen LogP contribution in [0.15, 0.2) is 58.8 Å². The van der Waals surface area contributed by atoms with E-state index in [1.807, 2.05) is 61.5 Å².